The number of carbonyl (C=O) groups is 2. The van der Waals surface area contributed by atoms with Crippen molar-refractivity contribution in [1.82, 2.24) is 10.2 Å². The van der Waals surface area contributed by atoms with Crippen LogP contribution in [0.4, 0.5) is 0 Å². The summed E-state index contributed by atoms with van der Waals surface area (Å²) >= 11 is 12.1. The SMILES string of the molecule is COc1ccc(CCNC(=O)[C@@H](C)N(Cc2ccc(Cl)cc2)C(=O)COc2ccccc2Cl)cc1. The van der Waals surface area contributed by atoms with Crippen LogP contribution in [0.15, 0.2) is 72.8 Å². The number of halogens is 2. The molecular formula is C27H28Cl2N2O4. The largest absolute Gasteiger partial charge is 0.497 e. The molecule has 0 aliphatic heterocycles. The van der Waals surface area contributed by atoms with Gasteiger partial charge in [0.05, 0.1) is 12.1 Å². The van der Waals surface area contributed by atoms with E-state index in [1.807, 2.05) is 36.4 Å². The molecule has 0 aliphatic rings. The van der Waals surface area contributed by atoms with Gasteiger partial charge in [0.2, 0.25) is 5.91 Å². The van der Waals surface area contributed by atoms with Crippen LogP contribution in [0.5, 0.6) is 11.5 Å². The lowest BCUT2D eigenvalue weighted by atomic mass is 10.1. The van der Waals surface area contributed by atoms with Gasteiger partial charge in [-0.05, 0) is 60.9 Å². The Balaban J connectivity index is 1.64. The van der Waals surface area contributed by atoms with Gasteiger partial charge >= 0.3 is 0 Å². The average molecular weight is 515 g/mol. The van der Waals surface area contributed by atoms with Gasteiger partial charge in [-0.15, -0.1) is 0 Å². The minimum Gasteiger partial charge on any atom is -0.497 e. The average Bonchev–Trinajstić information content (AvgIpc) is 2.87. The quantitative estimate of drug-likeness (QED) is 0.383. The Morgan fingerprint density at radius 1 is 0.943 bits per heavy atom. The monoisotopic (exact) mass is 514 g/mol. The van der Waals surface area contributed by atoms with Crippen LogP contribution in [0, 0.1) is 0 Å². The van der Waals surface area contributed by atoms with E-state index in [0.29, 0.717) is 28.8 Å². The highest BCUT2D eigenvalue weighted by molar-refractivity contribution is 6.32. The first-order valence-electron chi connectivity index (χ1n) is 11.2. The molecule has 3 aromatic carbocycles. The van der Waals surface area contributed by atoms with Gasteiger partial charge in [0.25, 0.3) is 5.91 Å². The summed E-state index contributed by atoms with van der Waals surface area (Å²) in [6.45, 7) is 2.12. The van der Waals surface area contributed by atoms with Crippen LogP contribution < -0.4 is 14.8 Å². The fraction of sp³-hybridized carbons (Fsp3) is 0.259. The Morgan fingerprint density at radius 2 is 1.60 bits per heavy atom. The molecule has 2 amide bonds. The summed E-state index contributed by atoms with van der Waals surface area (Å²) in [5.41, 5.74) is 1.92. The van der Waals surface area contributed by atoms with E-state index in [9.17, 15) is 9.59 Å². The fourth-order valence-electron chi connectivity index (χ4n) is 3.42. The van der Waals surface area contributed by atoms with Crippen LogP contribution in [-0.4, -0.2) is 43.0 Å². The number of rotatable bonds is 11. The van der Waals surface area contributed by atoms with Crippen LogP contribution in [0.2, 0.25) is 10.0 Å². The molecule has 8 heteroatoms. The highest BCUT2D eigenvalue weighted by Crippen LogP contribution is 2.23. The molecule has 0 heterocycles. The molecule has 6 nitrogen and oxygen atoms in total. The number of hydrogen-bond acceptors (Lipinski definition) is 4. The van der Waals surface area contributed by atoms with Gasteiger partial charge in [0, 0.05) is 18.1 Å². The summed E-state index contributed by atoms with van der Waals surface area (Å²) in [5, 5.41) is 3.93. The maximum Gasteiger partial charge on any atom is 0.261 e. The van der Waals surface area contributed by atoms with Gasteiger partial charge in [-0.3, -0.25) is 9.59 Å². The minimum atomic E-state index is -0.719. The number of hydrogen-bond donors (Lipinski definition) is 1. The molecule has 1 atom stereocenters. The van der Waals surface area contributed by atoms with Crippen molar-refractivity contribution in [2.24, 2.45) is 0 Å². The number of ether oxygens (including phenoxy) is 2. The second-order valence-electron chi connectivity index (χ2n) is 7.93. The predicted molar refractivity (Wildman–Crippen MR) is 138 cm³/mol. The summed E-state index contributed by atoms with van der Waals surface area (Å²) in [4.78, 5) is 27.6. The van der Waals surface area contributed by atoms with E-state index in [1.165, 1.54) is 4.90 Å². The number of para-hydroxylation sites is 1. The first-order chi connectivity index (χ1) is 16.9. The number of benzene rings is 3. The zero-order chi connectivity index (χ0) is 25.2. The molecule has 35 heavy (non-hydrogen) atoms. The van der Waals surface area contributed by atoms with Crippen molar-refractivity contribution < 1.29 is 19.1 Å². The van der Waals surface area contributed by atoms with Gasteiger partial charge in [-0.2, -0.15) is 0 Å². The van der Waals surface area contributed by atoms with E-state index in [-0.39, 0.29) is 25.0 Å². The molecule has 3 rings (SSSR count). The van der Waals surface area contributed by atoms with Crippen molar-refractivity contribution >= 4 is 35.0 Å². The third-order valence-corrected chi connectivity index (χ3v) is 6.06. The fourth-order valence-corrected chi connectivity index (χ4v) is 3.74. The van der Waals surface area contributed by atoms with E-state index in [4.69, 9.17) is 32.7 Å². The van der Waals surface area contributed by atoms with Gasteiger partial charge in [0.15, 0.2) is 6.61 Å². The predicted octanol–water partition coefficient (Wildman–Crippen LogP) is 5.16. The second-order valence-corrected chi connectivity index (χ2v) is 8.78. The lowest BCUT2D eigenvalue weighted by Crippen LogP contribution is -2.49. The Bertz CT molecular complexity index is 1120. The van der Waals surface area contributed by atoms with Crippen LogP contribution in [-0.2, 0) is 22.6 Å². The number of nitrogens with zero attached hydrogens (tertiary/aromatic N) is 1. The first kappa shape index (κ1) is 26.4. The molecule has 0 aliphatic carbocycles. The van der Waals surface area contributed by atoms with Gasteiger partial charge in [-0.25, -0.2) is 0 Å². The number of amides is 2. The third-order valence-electron chi connectivity index (χ3n) is 5.49. The molecule has 0 radical (unpaired) electrons. The summed E-state index contributed by atoms with van der Waals surface area (Å²) in [6, 6.07) is 21.0. The van der Waals surface area contributed by atoms with E-state index >= 15 is 0 Å². The summed E-state index contributed by atoms with van der Waals surface area (Å²) < 4.78 is 10.8. The van der Waals surface area contributed by atoms with E-state index < -0.39 is 6.04 Å². The molecular weight excluding hydrogens is 487 g/mol. The Hall–Kier alpha value is -3.22. The summed E-state index contributed by atoms with van der Waals surface area (Å²) in [6.07, 6.45) is 0.656. The highest BCUT2D eigenvalue weighted by atomic mass is 35.5. The molecule has 3 aromatic rings. The first-order valence-corrected chi connectivity index (χ1v) is 11.9. The lowest BCUT2D eigenvalue weighted by molar-refractivity contribution is -0.142. The molecule has 0 fully saturated rings. The topological polar surface area (TPSA) is 67.9 Å². The Morgan fingerprint density at radius 3 is 2.26 bits per heavy atom. The Labute approximate surface area is 215 Å². The number of carbonyl (C=O) groups excluding carboxylic acids is 2. The molecule has 0 aromatic heterocycles. The van der Waals surface area contributed by atoms with Crippen molar-refractivity contribution in [2.75, 3.05) is 20.3 Å². The molecule has 0 unspecified atom stereocenters. The van der Waals surface area contributed by atoms with E-state index in [2.05, 4.69) is 5.32 Å². The minimum absolute atomic E-state index is 0.231. The van der Waals surface area contributed by atoms with E-state index in [1.54, 1.807) is 50.4 Å². The normalized spacial score (nSPS) is 11.4. The van der Waals surface area contributed by atoms with Crippen molar-refractivity contribution in [3.8, 4) is 11.5 Å². The third kappa shape index (κ3) is 7.91. The zero-order valence-corrected chi connectivity index (χ0v) is 21.2. The molecule has 184 valence electrons. The molecule has 0 bridgehead atoms. The van der Waals surface area contributed by atoms with Gasteiger partial charge in [-0.1, -0.05) is 59.6 Å². The van der Waals surface area contributed by atoms with Gasteiger partial charge < -0.3 is 19.7 Å². The van der Waals surface area contributed by atoms with Crippen LogP contribution in [0.1, 0.15) is 18.1 Å². The van der Waals surface area contributed by atoms with Crippen LogP contribution in [0.25, 0.3) is 0 Å². The molecule has 0 spiro atoms. The van der Waals surface area contributed by atoms with Crippen molar-refractivity contribution in [1.29, 1.82) is 0 Å². The maximum absolute atomic E-state index is 13.1. The lowest BCUT2D eigenvalue weighted by Gasteiger charge is -2.29. The van der Waals surface area contributed by atoms with Crippen molar-refractivity contribution in [2.45, 2.75) is 25.9 Å². The highest BCUT2D eigenvalue weighted by Gasteiger charge is 2.26. The van der Waals surface area contributed by atoms with Crippen molar-refractivity contribution in [3.63, 3.8) is 0 Å². The summed E-state index contributed by atoms with van der Waals surface area (Å²) in [5.74, 6) is 0.601. The van der Waals surface area contributed by atoms with Gasteiger partial charge in [0.1, 0.15) is 17.5 Å². The maximum atomic E-state index is 13.1. The van der Waals surface area contributed by atoms with E-state index in [0.717, 1.165) is 16.9 Å². The Kier molecular flexibility index (Phi) is 9.82. The molecule has 0 saturated heterocycles. The number of methoxy groups -OCH3 is 1. The summed E-state index contributed by atoms with van der Waals surface area (Å²) in [7, 11) is 1.62. The smallest absolute Gasteiger partial charge is 0.261 e. The van der Waals surface area contributed by atoms with Crippen LogP contribution in [0.3, 0.4) is 0 Å². The molecule has 0 saturated carbocycles. The zero-order valence-electron chi connectivity index (χ0n) is 19.7. The number of nitrogens with one attached hydrogen (secondary N) is 1. The van der Waals surface area contributed by atoms with Crippen LogP contribution >= 0.6 is 23.2 Å². The second kappa shape index (κ2) is 13.0. The molecule has 1 N–H and O–H groups in total. The standard InChI is InChI=1S/C27H28Cl2N2O4/c1-19(27(33)30-16-15-20-9-13-23(34-2)14-10-20)31(17-21-7-11-22(28)12-8-21)26(32)18-35-25-6-4-3-5-24(25)29/h3-14,19H,15-18H2,1-2H3,(H,30,33)/t19-/m1/s1. The van der Waals surface area contributed by atoms with Crippen molar-refractivity contribution in [3.05, 3.63) is 94.0 Å².